The highest BCUT2D eigenvalue weighted by Crippen LogP contribution is 2.58. The van der Waals surface area contributed by atoms with Gasteiger partial charge in [0.25, 0.3) is 0 Å². The molecule has 0 rings (SSSR count). The largest absolute Gasteiger partial charge is 0.130 e. The van der Waals surface area contributed by atoms with Crippen molar-refractivity contribution in [3.63, 3.8) is 0 Å². The molecule has 0 nitrogen and oxygen atoms in total. The van der Waals surface area contributed by atoms with Gasteiger partial charge >= 0.3 is 0 Å². The molecule has 4 heteroatoms. The highest BCUT2D eigenvalue weighted by atomic mass is 33.3. The van der Waals surface area contributed by atoms with Crippen LogP contribution in [0.25, 0.3) is 0 Å². The molecule has 16 heavy (non-hydrogen) atoms. The quantitative estimate of drug-likeness (QED) is 0.229. The summed E-state index contributed by atoms with van der Waals surface area (Å²) in [6, 6.07) is 0. The van der Waals surface area contributed by atoms with Gasteiger partial charge in [0, 0.05) is 0 Å². The first-order chi connectivity index (χ1) is 7.77. The molecule has 0 saturated carbocycles. The summed E-state index contributed by atoms with van der Waals surface area (Å²) in [5, 5.41) is 0. The molecular weight excluding hydrogens is 271 g/mol. The molecule has 0 saturated heterocycles. The predicted molar refractivity (Wildman–Crippen MR) is 89.2 cm³/mol. The van der Waals surface area contributed by atoms with Gasteiger partial charge in [0.2, 0.25) is 0 Å². The second kappa shape index (κ2) is 14.5. The van der Waals surface area contributed by atoms with E-state index in [1.165, 1.54) is 70.0 Å². The van der Waals surface area contributed by atoms with E-state index in [0.29, 0.717) is 0 Å². The van der Waals surface area contributed by atoms with Crippen LogP contribution in [0.4, 0.5) is 0 Å². The van der Waals surface area contributed by atoms with Crippen molar-refractivity contribution < 1.29 is 0 Å². The van der Waals surface area contributed by atoms with Crippen molar-refractivity contribution in [1.29, 1.82) is 0 Å². The lowest BCUT2D eigenvalue weighted by Crippen LogP contribution is -1.82. The zero-order chi connectivity index (χ0) is 12.1. The van der Waals surface area contributed by atoms with Crippen molar-refractivity contribution in [2.24, 2.45) is 0 Å². The van der Waals surface area contributed by atoms with Crippen LogP contribution in [0.3, 0.4) is 0 Å². The zero-order valence-corrected chi connectivity index (χ0v) is 14.0. The molecule has 0 heterocycles. The van der Waals surface area contributed by atoms with Crippen molar-refractivity contribution in [1.82, 2.24) is 0 Å². The number of hydrogen-bond donors (Lipinski definition) is 2. The van der Waals surface area contributed by atoms with Crippen LogP contribution in [0, 0.1) is 0 Å². The minimum atomic E-state index is -0.331. The summed E-state index contributed by atoms with van der Waals surface area (Å²) < 4.78 is 0. The van der Waals surface area contributed by atoms with Gasteiger partial charge in [0.1, 0.15) is 0 Å². The molecule has 0 amide bonds. The summed E-state index contributed by atoms with van der Waals surface area (Å²) in [7, 11) is 0. The number of hydrogen-bond acceptors (Lipinski definition) is 3. The van der Waals surface area contributed by atoms with E-state index >= 15 is 0 Å². The van der Waals surface area contributed by atoms with E-state index in [-0.39, 0.29) is 5.53 Å². The van der Waals surface area contributed by atoms with E-state index in [1.54, 1.807) is 0 Å². The molecule has 0 bridgehead atoms. The van der Waals surface area contributed by atoms with Gasteiger partial charge in [-0.05, 0) is 12.2 Å². The van der Waals surface area contributed by atoms with Gasteiger partial charge in [-0.1, -0.05) is 64.7 Å². The Bertz CT molecular complexity index is 131. The Morgan fingerprint density at radius 2 is 1.19 bits per heavy atom. The molecule has 0 aromatic carbocycles. The number of unbranched alkanes of at least 4 members (excludes halogenated alkanes) is 9. The fraction of sp³-hybridized carbons (Fsp3) is 1.00. The Kier molecular flexibility index (Phi) is 15.9. The first kappa shape index (κ1) is 17.5. The van der Waals surface area contributed by atoms with Crippen molar-refractivity contribution in [2.75, 3.05) is 5.75 Å². The maximum Gasteiger partial charge on any atom is 0.0666 e. The summed E-state index contributed by atoms with van der Waals surface area (Å²) in [4.78, 5) is 0. The van der Waals surface area contributed by atoms with E-state index in [2.05, 4.69) is 31.4 Å². The SMILES string of the molecule is CCCCCCCCCCCCSP(S)S. The van der Waals surface area contributed by atoms with Crippen molar-refractivity contribution in [2.45, 2.75) is 71.1 Å². The van der Waals surface area contributed by atoms with Crippen molar-refractivity contribution >= 4 is 41.4 Å². The zero-order valence-electron chi connectivity index (χ0n) is 10.5. The van der Waals surface area contributed by atoms with E-state index in [0.717, 1.165) is 0 Å². The minimum Gasteiger partial charge on any atom is -0.130 e. The van der Waals surface area contributed by atoms with Gasteiger partial charge in [-0.15, -0.1) is 35.9 Å². The van der Waals surface area contributed by atoms with E-state index in [9.17, 15) is 0 Å². The van der Waals surface area contributed by atoms with Crippen molar-refractivity contribution in [3.8, 4) is 0 Å². The maximum atomic E-state index is 4.29. The minimum absolute atomic E-state index is 0.331. The van der Waals surface area contributed by atoms with Crippen LogP contribution in [-0.4, -0.2) is 5.75 Å². The topological polar surface area (TPSA) is 0 Å². The van der Waals surface area contributed by atoms with Crippen LogP contribution in [0.15, 0.2) is 0 Å². The van der Waals surface area contributed by atoms with E-state index in [4.69, 9.17) is 0 Å². The van der Waals surface area contributed by atoms with E-state index in [1.807, 2.05) is 11.4 Å². The van der Waals surface area contributed by atoms with Gasteiger partial charge in [-0.2, -0.15) is 0 Å². The van der Waals surface area contributed by atoms with Crippen LogP contribution in [0.1, 0.15) is 71.1 Å². The van der Waals surface area contributed by atoms with Crippen LogP contribution in [0.5, 0.6) is 0 Å². The average molecular weight is 299 g/mol. The third-order valence-corrected chi connectivity index (χ3v) is 6.73. The highest BCUT2D eigenvalue weighted by molar-refractivity contribution is 9.06. The Morgan fingerprint density at radius 1 is 0.750 bits per heavy atom. The molecule has 98 valence electrons. The van der Waals surface area contributed by atoms with Crippen LogP contribution in [-0.2, 0) is 0 Å². The predicted octanol–water partition coefficient (Wildman–Crippen LogP) is 6.73. The highest BCUT2D eigenvalue weighted by Gasteiger charge is 1.96. The molecule has 0 N–H and O–H groups in total. The van der Waals surface area contributed by atoms with Gasteiger partial charge < -0.3 is 0 Å². The lowest BCUT2D eigenvalue weighted by Gasteiger charge is -2.03. The summed E-state index contributed by atoms with van der Waals surface area (Å²) in [6.07, 6.45) is 14.2. The molecule has 0 aliphatic carbocycles. The maximum absolute atomic E-state index is 4.29. The van der Waals surface area contributed by atoms with Crippen LogP contribution in [0.2, 0.25) is 0 Å². The van der Waals surface area contributed by atoms with Gasteiger partial charge in [0.05, 0.1) is 5.53 Å². The molecule has 0 atom stereocenters. The third kappa shape index (κ3) is 15.5. The number of thiol groups is 2. The fourth-order valence-corrected chi connectivity index (χ4v) is 4.58. The summed E-state index contributed by atoms with van der Waals surface area (Å²) in [6.45, 7) is 2.28. The molecule has 0 aliphatic heterocycles. The molecule has 0 fully saturated rings. The summed E-state index contributed by atoms with van der Waals surface area (Å²) >= 11 is 10.5. The van der Waals surface area contributed by atoms with Crippen molar-refractivity contribution in [3.05, 3.63) is 0 Å². The lowest BCUT2D eigenvalue weighted by atomic mass is 10.1. The Hall–Kier alpha value is 1.48. The fourth-order valence-electron chi connectivity index (χ4n) is 1.74. The Morgan fingerprint density at radius 3 is 1.62 bits per heavy atom. The second-order valence-electron chi connectivity index (χ2n) is 4.27. The molecule has 0 spiro atoms. The number of rotatable bonds is 12. The lowest BCUT2D eigenvalue weighted by molar-refractivity contribution is 0.563. The first-order valence-electron chi connectivity index (χ1n) is 6.58. The van der Waals surface area contributed by atoms with Crippen LogP contribution >= 0.6 is 41.4 Å². The molecule has 0 aliphatic rings. The molecule has 0 radical (unpaired) electrons. The normalized spacial score (nSPS) is 11.2. The standard InChI is InChI=1S/C12H27PS3/c1-2-3-4-5-6-7-8-9-10-11-12-16-13(14)15/h14-15H,2-12H2,1H3. The summed E-state index contributed by atoms with van der Waals surface area (Å²) in [5.74, 6) is 1.25. The molecule has 0 aromatic rings. The molecule has 0 aromatic heterocycles. The monoisotopic (exact) mass is 298 g/mol. The van der Waals surface area contributed by atoms with E-state index < -0.39 is 0 Å². The van der Waals surface area contributed by atoms with Crippen LogP contribution < -0.4 is 0 Å². The average Bonchev–Trinajstić information content (AvgIpc) is 2.25. The van der Waals surface area contributed by atoms with Gasteiger partial charge in [-0.25, -0.2) is 0 Å². The Labute approximate surface area is 118 Å². The van der Waals surface area contributed by atoms with Gasteiger partial charge in [0.15, 0.2) is 0 Å². The Balaban J connectivity index is 2.88. The summed E-state index contributed by atoms with van der Waals surface area (Å²) in [5.41, 5.74) is -0.331. The smallest absolute Gasteiger partial charge is 0.0666 e. The third-order valence-electron chi connectivity index (χ3n) is 2.70. The molecule has 0 unspecified atom stereocenters. The van der Waals surface area contributed by atoms with Gasteiger partial charge in [-0.3, -0.25) is 0 Å². The molecular formula is C12H27PS3. The second-order valence-corrected chi connectivity index (χ2v) is 12.3. The first-order valence-corrected chi connectivity index (χ1v) is 11.8.